The van der Waals surface area contributed by atoms with E-state index in [1.807, 2.05) is 25.1 Å². The molecule has 0 amide bonds. The van der Waals surface area contributed by atoms with Gasteiger partial charge in [-0.3, -0.25) is 4.79 Å². The van der Waals surface area contributed by atoms with Gasteiger partial charge in [0.05, 0.1) is 10.0 Å². The number of hydrogen-bond acceptors (Lipinski definition) is 2. The number of aryl methyl sites for hydroxylation is 1. The largest absolute Gasteiger partial charge is 0.489 e. The molecule has 0 unspecified atom stereocenters. The van der Waals surface area contributed by atoms with E-state index in [0.29, 0.717) is 22.2 Å². The van der Waals surface area contributed by atoms with Gasteiger partial charge >= 0.3 is 0 Å². The molecule has 0 aliphatic heterocycles. The lowest BCUT2D eigenvalue weighted by molar-refractivity contribution is 0.101. The number of hydrogen-bond donors (Lipinski definition) is 0. The Labute approximate surface area is 128 Å². The van der Waals surface area contributed by atoms with Crippen LogP contribution in [0.15, 0.2) is 36.4 Å². The van der Waals surface area contributed by atoms with Crippen molar-refractivity contribution in [2.24, 2.45) is 0 Å². The van der Waals surface area contributed by atoms with E-state index in [1.54, 1.807) is 25.1 Å². The third-order valence-electron chi connectivity index (χ3n) is 2.96. The van der Waals surface area contributed by atoms with Gasteiger partial charge in [0.2, 0.25) is 0 Å². The lowest BCUT2D eigenvalue weighted by Crippen LogP contribution is -1.99. The molecule has 2 rings (SSSR count). The van der Waals surface area contributed by atoms with Crippen LogP contribution in [0, 0.1) is 6.92 Å². The van der Waals surface area contributed by atoms with Crippen LogP contribution < -0.4 is 4.74 Å². The molecule has 0 fully saturated rings. The van der Waals surface area contributed by atoms with E-state index in [4.69, 9.17) is 27.9 Å². The van der Waals surface area contributed by atoms with Gasteiger partial charge in [0, 0.05) is 5.56 Å². The molecule has 0 radical (unpaired) electrons. The number of halogens is 2. The predicted molar refractivity (Wildman–Crippen MR) is 82.0 cm³/mol. The van der Waals surface area contributed by atoms with Crippen LogP contribution in [0.5, 0.6) is 5.75 Å². The Kier molecular flexibility index (Phi) is 4.69. The molecule has 20 heavy (non-hydrogen) atoms. The van der Waals surface area contributed by atoms with Gasteiger partial charge in [-0.15, -0.1) is 0 Å². The average molecular weight is 309 g/mol. The average Bonchev–Trinajstić information content (AvgIpc) is 2.41. The first kappa shape index (κ1) is 14.9. The third kappa shape index (κ3) is 3.53. The molecule has 0 aromatic heterocycles. The van der Waals surface area contributed by atoms with Gasteiger partial charge < -0.3 is 4.74 Å². The summed E-state index contributed by atoms with van der Waals surface area (Å²) in [5.74, 6) is 0.796. The van der Waals surface area contributed by atoms with Crippen molar-refractivity contribution in [3.63, 3.8) is 0 Å². The number of ether oxygens (including phenoxy) is 1. The highest BCUT2D eigenvalue weighted by Crippen LogP contribution is 2.24. The molecule has 0 aliphatic carbocycles. The van der Waals surface area contributed by atoms with Crippen LogP contribution in [0.25, 0.3) is 0 Å². The number of ketones is 1. The van der Waals surface area contributed by atoms with Crippen molar-refractivity contribution in [1.29, 1.82) is 0 Å². The minimum Gasteiger partial charge on any atom is -0.489 e. The summed E-state index contributed by atoms with van der Waals surface area (Å²) in [6.07, 6.45) is 0. The summed E-state index contributed by atoms with van der Waals surface area (Å²) in [4.78, 5) is 11.3. The molecule has 0 aliphatic rings. The van der Waals surface area contributed by atoms with Crippen molar-refractivity contribution in [1.82, 2.24) is 0 Å². The van der Waals surface area contributed by atoms with E-state index in [9.17, 15) is 4.79 Å². The molecule has 0 heterocycles. The zero-order valence-corrected chi connectivity index (χ0v) is 12.8. The Morgan fingerprint density at radius 3 is 2.45 bits per heavy atom. The number of Topliss-reactive ketones (excluding diaryl/α,β-unsaturated/α-hetero) is 1. The normalized spacial score (nSPS) is 10.4. The van der Waals surface area contributed by atoms with Crippen LogP contribution in [-0.2, 0) is 6.61 Å². The van der Waals surface area contributed by atoms with E-state index < -0.39 is 0 Å². The Morgan fingerprint density at radius 1 is 1.10 bits per heavy atom. The Morgan fingerprint density at radius 2 is 1.85 bits per heavy atom. The minimum absolute atomic E-state index is 0.0455. The third-order valence-corrected chi connectivity index (χ3v) is 3.70. The van der Waals surface area contributed by atoms with Crippen molar-refractivity contribution < 1.29 is 9.53 Å². The smallest absolute Gasteiger partial charge is 0.159 e. The molecule has 4 heteroatoms. The molecule has 0 bridgehead atoms. The highest BCUT2D eigenvalue weighted by Gasteiger charge is 2.05. The topological polar surface area (TPSA) is 26.3 Å². The molecule has 0 atom stereocenters. The molecule has 2 nitrogen and oxygen atoms in total. The summed E-state index contributed by atoms with van der Waals surface area (Å²) in [6.45, 7) is 3.86. The molecule has 0 saturated heterocycles. The SMILES string of the molecule is CC(=O)c1ccc(OCc2ccc(Cl)c(Cl)c2)c(C)c1. The van der Waals surface area contributed by atoms with E-state index in [-0.39, 0.29) is 5.78 Å². The Hall–Kier alpha value is -1.51. The fraction of sp³-hybridized carbons (Fsp3) is 0.188. The van der Waals surface area contributed by atoms with Crippen molar-refractivity contribution in [2.75, 3.05) is 0 Å². The fourth-order valence-electron chi connectivity index (χ4n) is 1.82. The van der Waals surface area contributed by atoms with E-state index in [0.717, 1.165) is 16.9 Å². The number of carbonyl (C=O) groups excluding carboxylic acids is 1. The molecule has 0 spiro atoms. The maximum Gasteiger partial charge on any atom is 0.159 e. The second-order valence-corrected chi connectivity index (χ2v) is 5.39. The summed E-state index contributed by atoms with van der Waals surface area (Å²) in [7, 11) is 0. The highest BCUT2D eigenvalue weighted by molar-refractivity contribution is 6.42. The van der Waals surface area contributed by atoms with Gasteiger partial charge in [-0.1, -0.05) is 29.3 Å². The van der Waals surface area contributed by atoms with Crippen LogP contribution in [0.3, 0.4) is 0 Å². The summed E-state index contributed by atoms with van der Waals surface area (Å²) >= 11 is 11.8. The first-order chi connectivity index (χ1) is 9.47. The van der Waals surface area contributed by atoms with Gasteiger partial charge in [0.15, 0.2) is 5.78 Å². The first-order valence-electron chi connectivity index (χ1n) is 6.15. The van der Waals surface area contributed by atoms with Crippen LogP contribution in [0.4, 0.5) is 0 Å². The van der Waals surface area contributed by atoms with E-state index >= 15 is 0 Å². The molecule has 0 saturated carbocycles. The number of rotatable bonds is 4. The van der Waals surface area contributed by atoms with Gasteiger partial charge in [-0.25, -0.2) is 0 Å². The Bertz CT molecular complexity index is 651. The molecule has 0 N–H and O–H groups in total. The van der Waals surface area contributed by atoms with Gasteiger partial charge in [0.25, 0.3) is 0 Å². The summed E-state index contributed by atoms with van der Waals surface area (Å²) < 4.78 is 5.74. The first-order valence-corrected chi connectivity index (χ1v) is 6.91. The lowest BCUT2D eigenvalue weighted by Gasteiger charge is -2.10. The van der Waals surface area contributed by atoms with Crippen LogP contribution >= 0.6 is 23.2 Å². The Balaban J connectivity index is 2.10. The van der Waals surface area contributed by atoms with Crippen molar-refractivity contribution in [3.8, 4) is 5.75 Å². The quantitative estimate of drug-likeness (QED) is 0.736. The van der Waals surface area contributed by atoms with Crippen LogP contribution in [-0.4, -0.2) is 5.78 Å². The standard InChI is InChI=1S/C16H14Cl2O2/c1-10-7-13(11(2)19)4-6-16(10)20-9-12-3-5-14(17)15(18)8-12/h3-8H,9H2,1-2H3. The lowest BCUT2D eigenvalue weighted by atomic mass is 10.1. The maximum absolute atomic E-state index is 11.3. The number of benzene rings is 2. The summed E-state index contributed by atoms with van der Waals surface area (Å²) in [5.41, 5.74) is 2.55. The molecular weight excluding hydrogens is 295 g/mol. The second-order valence-electron chi connectivity index (χ2n) is 4.57. The molecule has 2 aromatic carbocycles. The van der Waals surface area contributed by atoms with Gasteiger partial charge in [-0.2, -0.15) is 0 Å². The van der Waals surface area contributed by atoms with Crippen molar-refractivity contribution in [2.45, 2.75) is 20.5 Å². The second kappa shape index (κ2) is 6.29. The molecule has 2 aromatic rings. The van der Waals surface area contributed by atoms with Gasteiger partial charge in [0.1, 0.15) is 12.4 Å². The van der Waals surface area contributed by atoms with Crippen LogP contribution in [0.1, 0.15) is 28.4 Å². The zero-order valence-electron chi connectivity index (χ0n) is 11.2. The van der Waals surface area contributed by atoms with E-state index in [1.165, 1.54) is 0 Å². The zero-order chi connectivity index (χ0) is 14.7. The predicted octanol–water partition coefficient (Wildman–Crippen LogP) is 5.08. The van der Waals surface area contributed by atoms with Gasteiger partial charge in [-0.05, 0) is 55.3 Å². The molecule has 104 valence electrons. The highest BCUT2D eigenvalue weighted by atomic mass is 35.5. The number of carbonyl (C=O) groups is 1. The fourth-order valence-corrected chi connectivity index (χ4v) is 2.14. The van der Waals surface area contributed by atoms with Crippen LogP contribution in [0.2, 0.25) is 10.0 Å². The van der Waals surface area contributed by atoms with E-state index in [2.05, 4.69) is 0 Å². The summed E-state index contributed by atoms with van der Waals surface area (Å²) in [5, 5.41) is 1.04. The monoisotopic (exact) mass is 308 g/mol. The molecular formula is C16H14Cl2O2. The van der Waals surface area contributed by atoms with Crippen molar-refractivity contribution >= 4 is 29.0 Å². The summed E-state index contributed by atoms with van der Waals surface area (Å²) in [6, 6.07) is 10.8. The maximum atomic E-state index is 11.3. The minimum atomic E-state index is 0.0455. The van der Waals surface area contributed by atoms with Crippen molar-refractivity contribution in [3.05, 3.63) is 63.1 Å².